The maximum absolute atomic E-state index is 6.14. The number of ether oxygens (including phenoxy) is 1. The fourth-order valence-electron chi connectivity index (χ4n) is 2.58. The van der Waals surface area contributed by atoms with Crippen LogP contribution >= 0.6 is 35.1 Å². The Morgan fingerprint density at radius 1 is 1.38 bits per heavy atom. The van der Waals surface area contributed by atoms with Crippen molar-refractivity contribution in [3.05, 3.63) is 28.8 Å². The summed E-state index contributed by atoms with van der Waals surface area (Å²) >= 11 is 10.3. The van der Waals surface area contributed by atoms with Crippen molar-refractivity contribution >= 4 is 35.1 Å². The summed E-state index contributed by atoms with van der Waals surface area (Å²) in [5, 5.41) is 6.33. The van der Waals surface area contributed by atoms with Crippen LogP contribution in [0.2, 0.25) is 5.02 Å². The fourth-order valence-corrected chi connectivity index (χ4v) is 5.95. The van der Waals surface area contributed by atoms with Gasteiger partial charge in [0.25, 0.3) is 0 Å². The molecule has 2 rings (SSSR count). The zero-order chi connectivity index (χ0) is 15.4. The van der Waals surface area contributed by atoms with E-state index in [9.17, 15) is 0 Å². The van der Waals surface area contributed by atoms with E-state index in [0.29, 0.717) is 16.5 Å². The Bertz CT molecular complexity index is 472. The molecule has 0 aliphatic carbocycles. The SMILES string of the molecule is CNC(Cc1cc(Cl)ccc1OC)C1CSC(C)C(C)S1. The molecule has 1 heterocycles. The number of benzene rings is 1. The number of thioether (sulfide) groups is 2. The van der Waals surface area contributed by atoms with E-state index < -0.39 is 0 Å². The quantitative estimate of drug-likeness (QED) is 0.866. The van der Waals surface area contributed by atoms with E-state index in [1.165, 1.54) is 11.3 Å². The lowest BCUT2D eigenvalue weighted by atomic mass is 10.0. The third-order valence-electron chi connectivity index (χ3n) is 4.08. The molecule has 118 valence electrons. The number of halogens is 1. The molecule has 4 unspecified atom stereocenters. The number of hydrogen-bond donors (Lipinski definition) is 1. The van der Waals surface area contributed by atoms with Gasteiger partial charge >= 0.3 is 0 Å². The van der Waals surface area contributed by atoms with Crippen molar-refractivity contribution in [3.63, 3.8) is 0 Å². The predicted octanol–water partition coefficient (Wildman–Crippen LogP) is 4.10. The molecule has 0 bridgehead atoms. The van der Waals surface area contributed by atoms with E-state index in [4.69, 9.17) is 16.3 Å². The summed E-state index contributed by atoms with van der Waals surface area (Å²) in [6.45, 7) is 4.66. The van der Waals surface area contributed by atoms with Gasteiger partial charge in [-0.3, -0.25) is 0 Å². The van der Waals surface area contributed by atoms with E-state index in [1.807, 2.05) is 18.2 Å². The lowest BCUT2D eigenvalue weighted by Crippen LogP contribution is -2.43. The molecule has 21 heavy (non-hydrogen) atoms. The molecular weight excluding hydrogens is 322 g/mol. The predicted molar refractivity (Wildman–Crippen MR) is 97.3 cm³/mol. The van der Waals surface area contributed by atoms with E-state index in [-0.39, 0.29) is 0 Å². The molecule has 1 aromatic carbocycles. The standard InChI is InChI=1S/C16H24ClNOS2/c1-10-11(2)21-16(9-20-10)14(18-3)8-12-7-13(17)5-6-15(12)19-4/h5-7,10-11,14,16,18H,8-9H2,1-4H3. The number of likely N-dealkylation sites (N-methyl/N-ethyl adjacent to an activating group) is 1. The summed E-state index contributed by atoms with van der Waals surface area (Å²) in [5.41, 5.74) is 1.18. The van der Waals surface area contributed by atoms with Crippen molar-refractivity contribution in [2.24, 2.45) is 0 Å². The van der Waals surface area contributed by atoms with Crippen LogP contribution in [0.3, 0.4) is 0 Å². The van der Waals surface area contributed by atoms with Gasteiger partial charge in [-0.15, -0.1) is 0 Å². The van der Waals surface area contributed by atoms with E-state index in [0.717, 1.165) is 22.4 Å². The number of nitrogens with one attached hydrogen (secondary N) is 1. The number of hydrogen-bond acceptors (Lipinski definition) is 4. The van der Waals surface area contributed by atoms with Crippen LogP contribution in [-0.4, -0.2) is 41.7 Å². The first kappa shape index (κ1) is 17.3. The molecule has 1 aliphatic heterocycles. The van der Waals surface area contributed by atoms with E-state index >= 15 is 0 Å². The van der Waals surface area contributed by atoms with Crippen molar-refractivity contribution in [3.8, 4) is 5.75 Å². The third kappa shape index (κ3) is 4.47. The minimum atomic E-state index is 0.435. The monoisotopic (exact) mass is 345 g/mol. The van der Waals surface area contributed by atoms with Crippen LogP contribution in [0.1, 0.15) is 19.4 Å². The summed E-state index contributed by atoms with van der Waals surface area (Å²) < 4.78 is 5.47. The smallest absolute Gasteiger partial charge is 0.122 e. The lowest BCUT2D eigenvalue weighted by Gasteiger charge is -2.36. The zero-order valence-corrected chi connectivity index (χ0v) is 15.4. The van der Waals surface area contributed by atoms with Crippen molar-refractivity contribution < 1.29 is 4.74 Å². The molecule has 1 saturated heterocycles. The number of rotatable bonds is 5. The molecule has 0 aromatic heterocycles. The van der Waals surface area contributed by atoms with Crippen LogP contribution in [0, 0.1) is 0 Å². The lowest BCUT2D eigenvalue weighted by molar-refractivity contribution is 0.406. The summed E-state index contributed by atoms with van der Waals surface area (Å²) in [6, 6.07) is 6.30. The fraction of sp³-hybridized carbons (Fsp3) is 0.625. The molecule has 1 aliphatic rings. The second-order valence-corrected chi connectivity index (χ2v) is 8.94. The largest absolute Gasteiger partial charge is 0.496 e. The third-order valence-corrected chi connectivity index (χ3v) is 7.86. The zero-order valence-electron chi connectivity index (χ0n) is 13.1. The number of methoxy groups -OCH3 is 1. The van der Waals surface area contributed by atoms with Crippen LogP contribution in [0.5, 0.6) is 5.75 Å². The maximum Gasteiger partial charge on any atom is 0.122 e. The Balaban J connectivity index is 2.10. The van der Waals surface area contributed by atoms with Gasteiger partial charge in [-0.2, -0.15) is 23.5 Å². The van der Waals surface area contributed by atoms with Gasteiger partial charge in [0.05, 0.1) is 7.11 Å². The summed E-state index contributed by atoms with van der Waals surface area (Å²) in [6.07, 6.45) is 0.944. The van der Waals surface area contributed by atoms with Crippen LogP contribution in [-0.2, 0) is 6.42 Å². The molecular formula is C16H24ClNOS2. The molecule has 0 amide bonds. The van der Waals surface area contributed by atoms with Gasteiger partial charge in [0.1, 0.15) is 5.75 Å². The maximum atomic E-state index is 6.14. The Hall–Kier alpha value is -0.0300. The van der Waals surface area contributed by atoms with Crippen molar-refractivity contribution in [2.45, 2.75) is 42.1 Å². The Kier molecular flexibility index (Phi) is 6.60. The van der Waals surface area contributed by atoms with Crippen LogP contribution in [0.25, 0.3) is 0 Å². The van der Waals surface area contributed by atoms with Gasteiger partial charge in [0.2, 0.25) is 0 Å². The molecule has 0 spiro atoms. The first-order chi connectivity index (χ1) is 10.0. The normalized spacial score (nSPS) is 27.4. The van der Waals surface area contributed by atoms with Crippen molar-refractivity contribution in [1.82, 2.24) is 5.32 Å². The first-order valence-corrected chi connectivity index (χ1v) is 9.68. The first-order valence-electron chi connectivity index (χ1n) is 7.32. The Morgan fingerprint density at radius 2 is 2.14 bits per heavy atom. The summed E-state index contributed by atoms with van der Waals surface area (Å²) in [7, 11) is 3.77. The second-order valence-electron chi connectivity index (χ2n) is 5.47. The Morgan fingerprint density at radius 3 is 2.76 bits per heavy atom. The Labute approximate surface area is 141 Å². The topological polar surface area (TPSA) is 21.3 Å². The highest BCUT2D eigenvalue weighted by molar-refractivity contribution is 8.07. The van der Waals surface area contributed by atoms with E-state index in [2.05, 4.69) is 49.7 Å². The highest BCUT2D eigenvalue weighted by atomic mass is 35.5. The molecule has 1 N–H and O–H groups in total. The van der Waals surface area contributed by atoms with Gasteiger partial charge in [-0.1, -0.05) is 25.4 Å². The molecule has 2 nitrogen and oxygen atoms in total. The summed E-state index contributed by atoms with van der Waals surface area (Å²) in [5.74, 6) is 2.12. The second kappa shape index (κ2) is 8.00. The van der Waals surface area contributed by atoms with Gasteiger partial charge in [-0.05, 0) is 37.2 Å². The van der Waals surface area contributed by atoms with Gasteiger partial charge in [-0.25, -0.2) is 0 Å². The summed E-state index contributed by atoms with van der Waals surface area (Å²) in [4.78, 5) is 0. The molecule has 1 aromatic rings. The van der Waals surface area contributed by atoms with Gasteiger partial charge in [0, 0.05) is 32.6 Å². The highest BCUT2D eigenvalue weighted by Gasteiger charge is 2.31. The minimum absolute atomic E-state index is 0.435. The van der Waals surface area contributed by atoms with Crippen LogP contribution in [0.4, 0.5) is 0 Å². The molecule has 1 fully saturated rings. The molecule has 5 heteroatoms. The molecule has 4 atom stereocenters. The van der Waals surface area contributed by atoms with Crippen LogP contribution < -0.4 is 10.1 Å². The average Bonchev–Trinajstić information content (AvgIpc) is 2.48. The van der Waals surface area contributed by atoms with Crippen molar-refractivity contribution in [1.29, 1.82) is 0 Å². The van der Waals surface area contributed by atoms with E-state index in [1.54, 1.807) is 7.11 Å². The molecule has 0 saturated carbocycles. The van der Waals surface area contributed by atoms with Crippen molar-refractivity contribution in [2.75, 3.05) is 19.9 Å². The highest BCUT2D eigenvalue weighted by Crippen LogP contribution is 2.38. The van der Waals surface area contributed by atoms with Crippen LogP contribution in [0.15, 0.2) is 18.2 Å². The molecule has 0 radical (unpaired) electrons. The minimum Gasteiger partial charge on any atom is -0.496 e. The average molecular weight is 346 g/mol. The van der Waals surface area contributed by atoms with Gasteiger partial charge < -0.3 is 10.1 Å². The van der Waals surface area contributed by atoms with Gasteiger partial charge in [0.15, 0.2) is 0 Å².